The zero-order valence-corrected chi connectivity index (χ0v) is 16.7. The zero-order chi connectivity index (χ0) is 21.1. The SMILES string of the molecule is O=S(=O)(c1ccc(-c2ccnc(Nc3cc(F)cc(F)c3)n2)cc1)N1CCNCC1. The van der Waals surface area contributed by atoms with Gasteiger partial charge in [0.05, 0.1) is 10.6 Å². The van der Waals surface area contributed by atoms with Gasteiger partial charge in [-0.15, -0.1) is 0 Å². The molecule has 4 rings (SSSR count). The molecule has 2 N–H and O–H groups in total. The molecule has 0 bridgehead atoms. The van der Waals surface area contributed by atoms with Crippen LogP contribution in [0.4, 0.5) is 20.4 Å². The van der Waals surface area contributed by atoms with Crippen LogP contribution in [0.5, 0.6) is 0 Å². The highest BCUT2D eigenvalue weighted by Crippen LogP contribution is 2.23. The molecular formula is C20H19F2N5O2S. The minimum atomic E-state index is -3.54. The molecule has 1 fully saturated rings. The molecule has 10 heteroatoms. The van der Waals surface area contributed by atoms with Gasteiger partial charge in [-0.25, -0.2) is 27.2 Å². The number of benzene rings is 2. The Labute approximate surface area is 172 Å². The molecule has 0 unspecified atom stereocenters. The third-order valence-electron chi connectivity index (χ3n) is 4.64. The molecule has 2 aromatic carbocycles. The molecule has 0 saturated carbocycles. The van der Waals surface area contributed by atoms with Crippen LogP contribution in [-0.4, -0.2) is 48.9 Å². The first kappa shape index (κ1) is 20.3. The number of nitrogens with one attached hydrogen (secondary N) is 2. The van der Waals surface area contributed by atoms with E-state index in [1.807, 2.05) is 0 Å². The molecule has 1 aromatic heterocycles. The maximum absolute atomic E-state index is 13.4. The van der Waals surface area contributed by atoms with E-state index in [9.17, 15) is 17.2 Å². The van der Waals surface area contributed by atoms with Gasteiger partial charge < -0.3 is 10.6 Å². The second-order valence-electron chi connectivity index (χ2n) is 6.73. The minimum absolute atomic E-state index is 0.162. The van der Waals surface area contributed by atoms with Gasteiger partial charge in [-0.1, -0.05) is 12.1 Å². The summed E-state index contributed by atoms with van der Waals surface area (Å²) >= 11 is 0. The normalized spacial score (nSPS) is 15.1. The Balaban J connectivity index is 1.55. The molecule has 3 aromatic rings. The van der Waals surface area contributed by atoms with Crippen molar-refractivity contribution >= 4 is 21.7 Å². The number of sulfonamides is 1. The first-order valence-electron chi connectivity index (χ1n) is 9.29. The number of halogens is 2. The van der Waals surface area contributed by atoms with E-state index in [4.69, 9.17) is 0 Å². The van der Waals surface area contributed by atoms with E-state index in [-0.39, 0.29) is 16.5 Å². The summed E-state index contributed by atoms with van der Waals surface area (Å²) < 4.78 is 53.7. The van der Waals surface area contributed by atoms with E-state index in [0.29, 0.717) is 37.4 Å². The third kappa shape index (κ3) is 4.45. The van der Waals surface area contributed by atoms with Gasteiger partial charge in [-0.05, 0) is 30.3 Å². The average molecular weight is 431 g/mol. The molecular weight excluding hydrogens is 412 g/mol. The summed E-state index contributed by atoms with van der Waals surface area (Å²) in [5, 5.41) is 5.89. The van der Waals surface area contributed by atoms with Crippen molar-refractivity contribution in [3.8, 4) is 11.3 Å². The van der Waals surface area contributed by atoms with Crippen LogP contribution >= 0.6 is 0 Å². The van der Waals surface area contributed by atoms with Gasteiger partial charge >= 0.3 is 0 Å². The summed E-state index contributed by atoms with van der Waals surface area (Å²) in [5.74, 6) is -1.26. The highest BCUT2D eigenvalue weighted by atomic mass is 32.2. The molecule has 7 nitrogen and oxygen atoms in total. The number of piperazine rings is 1. The molecule has 0 atom stereocenters. The summed E-state index contributed by atoms with van der Waals surface area (Å²) in [4.78, 5) is 8.62. The van der Waals surface area contributed by atoms with Crippen molar-refractivity contribution in [1.82, 2.24) is 19.6 Å². The number of hydrogen-bond donors (Lipinski definition) is 2. The lowest BCUT2D eigenvalue weighted by molar-refractivity contribution is 0.360. The molecule has 0 aliphatic carbocycles. The van der Waals surface area contributed by atoms with E-state index >= 15 is 0 Å². The van der Waals surface area contributed by atoms with Crippen LogP contribution in [0, 0.1) is 11.6 Å². The van der Waals surface area contributed by atoms with Gasteiger partial charge in [0.2, 0.25) is 16.0 Å². The zero-order valence-electron chi connectivity index (χ0n) is 15.8. The first-order chi connectivity index (χ1) is 14.4. The molecule has 156 valence electrons. The second-order valence-corrected chi connectivity index (χ2v) is 8.67. The number of anilines is 2. The number of aromatic nitrogens is 2. The predicted octanol–water partition coefficient (Wildman–Crippen LogP) is 2.76. The molecule has 0 radical (unpaired) electrons. The van der Waals surface area contributed by atoms with Crippen LogP contribution in [0.15, 0.2) is 59.6 Å². The minimum Gasteiger partial charge on any atom is -0.324 e. The van der Waals surface area contributed by atoms with Crippen molar-refractivity contribution < 1.29 is 17.2 Å². The Morgan fingerprint density at radius 2 is 1.63 bits per heavy atom. The quantitative estimate of drug-likeness (QED) is 0.646. The van der Waals surface area contributed by atoms with Crippen molar-refractivity contribution in [1.29, 1.82) is 0 Å². The van der Waals surface area contributed by atoms with Gasteiger partial charge in [0.25, 0.3) is 0 Å². The van der Waals surface area contributed by atoms with Crippen LogP contribution in [-0.2, 0) is 10.0 Å². The van der Waals surface area contributed by atoms with Crippen molar-refractivity contribution in [3.05, 3.63) is 66.4 Å². The lowest BCUT2D eigenvalue weighted by atomic mass is 10.1. The summed E-state index contributed by atoms with van der Waals surface area (Å²) in [6, 6.07) is 11.1. The fourth-order valence-corrected chi connectivity index (χ4v) is 4.61. The topological polar surface area (TPSA) is 87.2 Å². The van der Waals surface area contributed by atoms with Gasteiger partial charge in [0.15, 0.2) is 0 Å². The van der Waals surface area contributed by atoms with E-state index in [1.54, 1.807) is 30.3 Å². The Kier molecular flexibility index (Phi) is 5.71. The van der Waals surface area contributed by atoms with E-state index in [0.717, 1.165) is 18.2 Å². The van der Waals surface area contributed by atoms with Crippen molar-refractivity contribution in [2.75, 3.05) is 31.5 Å². The lowest BCUT2D eigenvalue weighted by Gasteiger charge is -2.26. The highest BCUT2D eigenvalue weighted by Gasteiger charge is 2.25. The molecule has 1 saturated heterocycles. The molecule has 30 heavy (non-hydrogen) atoms. The van der Waals surface area contributed by atoms with Crippen molar-refractivity contribution in [3.63, 3.8) is 0 Å². The summed E-state index contributed by atoms with van der Waals surface area (Å²) in [5.41, 5.74) is 1.41. The van der Waals surface area contributed by atoms with Crippen molar-refractivity contribution in [2.24, 2.45) is 0 Å². The van der Waals surface area contributed by atoms with Crippen LogP contribution in [0.25, 0.3) is 11.3 Å². The Morgan fingerprint density at radius 1 is 0.967 bits per heavy atom. The largest absolute Gasteiger partial charge is 0.324 e. The third-order valence-corrected chi connectivity index (χ3v) is 6.55. The fourth-order valence-electron chi connectivity index (χ4n) is 3.17. The van der Waals surface area contributed by atoms with Crippen LogP contribution in [0.3, 0.4) is 0 Å². The summed E-state index contributed by atoms with van der Waals surface area (Å²) in [6.45, 7) is 2.13. The average Bonchev–Trinajstić information content (AvgIpc) is 2.74. The first-order valence-corrected chi connectivity index (χ1v) is 10.7. The van der Waals surface area contributed by atoms with Crippen LogP contribution in [0.2, 0.25) is 0 Å². The maximum atomic E-state index is 13.4. The Morgan fingerprint density at radius 3 is 2.30 bits per heavy atom. The Bertz CT molecular complexity index is 1130. The monoisotopic (exact) mass is 431 g/mol. The molecule has 0 amide bonds. The molecule has 0 spiro atoms. The summed E-state index contributed by atoms with van der Waals surface area (Å²) in [6.07, 6.45) is 1.51. The lowest BCUT2D eigenvalue weighted by Crippen LogP contribution is -2.46. The number of rotatable bonds is 5. The molecule has 2 heterocycles. The van der Waals surface area contributed by atoms with Gasteiger partial charge in [-0.2, -0.15) is 4.31 Å². The summed E-state index contributed by atoms with van der Waals surface area (Å²) in [7, 11) is -3.54. The van der Waals surface area contributed by atoms with Gasteiger partial charge in [-0.3, -0.25) is 0 Å². The predicted molar refractivity (Wildman–Crippen MR) is 109 cm³/mol. The van der Waals surface area contributed by atoms with Crippen LogP contribution < -0.4 is 10.6 Å². The Hall–Kier alpha value is -2.95. The maximum Gasteiger partial charge on any atom is 0.243 e. The molecule has 1 aliphatic heterocycles. The van der Waals surface area contributed by atoms with E-state index in [2.05, 4.69) is 20.6 Å². The number of hydrogen-bond acceptors (Lipinski definition) is 6. The number of nitrogens with zero attached hydrogens (tertiary/aromatic N) is 3. The standard InChI is InChI=1S/C20H19F2N5O2S/c21-15-11-16(22)13-17(12-15)25-20-24-6-5-19(26-20)14-1-3-18(4-2-14)30(28,29)27-9-7-23-8-10-27/h1-6,11-13,23H,7-10H2,(H,24,25,26). The van der Waals surface area contributed by atoms with Crippen molar-refractivity contribution in [2.45, 2.75) is 4.90 Å². The fraction of sp³-hybridized carbons (Fsp3) is 0.200. The molecule has 1 aliphatic rings. The van der Waals surface area contributed by atoms with Crippen LogP contribution in [0.1, 0.15) is 0 Å². The second kappa shape index (κ2) is 8.42. The highest BCUT2D eigenvalue weighted by molar-refractivity contribution is 7.89. The van der Waals surface area contributed by atoms with Gasteiger partial charge in [0.1, 0.15) is 11.6 Å². The van der Waals surface area contributed by atoms with E-state index in [1.165, 1.54) is 10.5 Å². The van der Waals surface area contributed by atoms with E-state index < -0.39 is 21.7 Å². The van der Waals surface area contributed by atoms with Gasteiger partial charge in [0, 0.05) is 49.7 Å². The smallest absolute Gasteiger partial charge is 0.243 e.